The standard InChI is InChI=1S/C26H23F2N3O2S/c27-18-13-15-19(16-14-18)31-25(33)20-8-3-5-10-22(20)30-26(31)34-17-7-1-2-12-24(32)29-23-11-6-4-9-21(23)28/h3-6,8-11,13-16H,1-2,7,12,17H2,(H,29,32). The van der Waals surface area contributed by atoms with Gasteiger partial charge < -0.3 is 5.32 Å². The lowest BCUT2D eigenvalue weighted by Gasteiger charge is -2.13. The second-order valence-corrected chi connectivity index (χ2v) is 8.78. The Morgan fingerprint density at radius 3 is 2.44 bits per heavy atom. The maximum absolute atomic E-state index is 13.6. The number of benzene rings is 3. The number of nitrogens with one attached hydrogen (secondary N) is 1. The fourth-order valence-corrected chi connectivity index (χ4v) is 4.54. The van der Waals surface area contributed by atoms with Crippen LogP contribution in [0.3, 0.4) is 0 Å². The Kier molecular flexibility index (Phi) is 7.69. The van der Waals surface area contributed by atoms with Gasteiger partial charge in [0.15, 0.2) is 5.16 Å². The second-order valence-electron chi connectivity index (χ2n) is 7.72. The largest absolute Gasteiger partial charge is 0.324 e. The summed E-state index contributed by atoms with van der Waals surface area (Å²) in [4.78, 5) is 29.9. The molecule has 0 saturated heterocycles. The van der Waals surface area contributed by atoms with Gasteiger partial charge in [0.2, 0.25) is 5.91 Å². The van der Waals surface area contributed by atoms with Crippen molar-refractivity contribution in [1.29, 1.82) is 0 Å². The molecule has 1 N–H and O–H groups in total. The number of thioether (sulfide) groups is 1. The fourth-order valence-electron chi connectivity index (χ4n) is 3.53. The zero-order valence-corrected chi connectivity index (χ0v) is 19.2. The van der Waals surface area contributed by atoms with Crippen LogP contribution >= 0.6 is 11.8 Å². The molecule has 0 aliphatic carbocycles. The number of fused-ring (bicyclic) bond motifs is 1. The van der Waals surface area contributed by atoms with Crippen LogP contribution in [0.15, 0.2) is 82.7 Å². The molecular weight excluding hydrogens is 456 g/mol. The van der Waals surface area contributed by atoms with Gasteiger partial charge in [0.25, 0.3) is 5.56 Å². The summed E-state index contributed by atoms with van der Waals surface area (Å²) in [6.07, 6.45) is 2.57. The first-order valence-electron chi connectivity index (χ1n) is 11.0. The van der Waals surface area contributed by atoms with E-state index in [1.807, 2.05) is 6.07 Å². The van der Waals surface area contributed by atoms with Crippen LogP contribution in [-0.2, 0) is 4.79 Å². The summed E-state index contributed by atoms with van der Waals surface area (Å²) in [5.74, 6) is -0.360. The van der Waals surface area contributed by atoms with Crippen LogP contribution in [0.5, 0.6) is 0 Å². The van der Waals surface area contributed by atoms with E-state index >= 15 is 0 Å². The molecule has 5 nitrogen and oxygen atoms in total. The number of hydrogen-bond acceptors (Lipinski definition) is 4. The Labute approximate surface area is 199 Å². The molecule has 0 saturated carbocycles. The molecular formula is C26H23F2N3O2S. The Morgan fingerprint density at radius 1 is 0.912 bits per heavy atom. The molecule has 174 valence electrons. The normalized spacial score (nSPS) is 11.0. The molecule has 0 atom stereocenters. The number of hydrogen-bond donors (Lipinski definition) is 1. The van der Waals surface area contributed by atoms with Gasteiger partial charge >= 0.3 is 0 Å². The fraction of sp³-hybridized carbons (Fsp3) is 0.192. The average molecular weight is 480 g/mol. The highest BCUT2D eigenvalue weighted by atomic mass is 32.2. The molecule has 0 radical (unpaired) electrons. The predicted octanol–water partition coefficient (Wildman–Crippen LogP) is 5.96. The van der Waals surface area contributed by atoms with E-state index in [1.54, 1.807) is 42.5 Å². The molecule has 1 aromatic heterocycles. The third-order valence-corrected chi connectivity index (χ3v) is 6.28. The molecule has 0 aliphatic rings. The molecule has 0 fully saturated rings. The van der Waals surface area contributed by atoms with E-state index in [9.17, 15) is 18.4 Å². The van der Waals surface area contributed by atoms with Gasteiger partial charge in [0.05, 0.1) is 22.3 Å². The summed E-state index contributed by atoms with van der Waals surface area (Å²) >= 11 is 1.45. The summed E-state index contributed by atoms with van der Waals surface area (Å²) in [5, 5.41) is 3.62. The lowest BCUT2D eigenvalue weighted by Crippen LogP contribution is -2.21. The number of halogens is 2. The van der Waals surface area contributed by atoms with Crippen LogP contribution in [0, 0.1) is 11.6 Å². The van der Waals surface area contributed by atoms with E-state index < -0.39 is 5.82 Å². The Hall–Kier alpha value is -3.52. The monoisotopic (exact) mass is 479 g/mol. The van der Waals surface area contributed by atoms with E-state index in [2.05, 4.69) is 10.3 Å². The molecule has 0 bridgehead atoms. The van der Waals surface area contributed by atoms with Crippen LogP contribution in [-0.4, -0.2) is 21.2 Å². The highest BCUT2D eigenvalue weighted by Gasteiger charge is 2.13. The van der Waals surface area contributed by atoms with E-state index in [4.69, 9.17) is 0 Å². The molecule has 4 aromatic rings. The number of unbranched alkanes of at least 4 members (excludes halogenated alkanes) is 2. The van der Waals surface area contributed by atoms with Gasteiger partial charge in [0, 0.05) is 12.2 Å². The van der Waals surface area contributed by atoms with E-state index in [0.29, 0.717) is 40.3 Å². The van der Waals surface area contributed by atoms with Gasteiger partial charge in [-0.1, -0.05) is 42.4 Å². The van der Waals surface area contributed by atoms with Gasteiger partial charge in [-0.15, -0.1) is 0 Å². The van der Waals surface area contributed by atoms with Crippen molar-refractivity contribution >= 4 is 34.3 Å². The van der Waals surface area contributed by atoms with Gasteiger partial charge in [-0.3, -0.25) is 14.2 Å². The topological polar surface area (TPSA) is 64.0 Å². The number of anilines is 1. The van der Waals surface area contributed by atoms with Crippen molar-refractivity contribution in [3.05, 3.63) is 94.8 Å². The van der Waals surface area contributed by atoms with Crippen LogP contribution < -0.4 is 10.9 Å². The summed E-state index contributed by atoms with van der Waals surface area (Å²) in [6, 6.07) is 19.0. The third-order valence-electron chi connectivity index (χ3n) is 5.26. The van der Waals surface area contributed by atoms with Gasteiger partial charge in [-0.25, -0.2) is 13.8 Å². The molecule has 1 heterocycles. The minimum absolute atomic E-state index is 0.184. The van der Waals surface area contributed by atoms with E-state index in [1.165, 1.54) is 40.6 Å². The minimum Gasteiger partial charge on any atom is -0.324 e. The first-order chi connectivity index (χ1) is 16.5. The lowest BCUT2D eigenvalue weighted by molar-refractivity contribution is -0.116. The maximum atomic E-state index is 13.6. The first-order valence-corrected chi connectivity index (χ1v) is 12.0. The van der Waals surface area contributed by atoms with Gasteiger partial charge in [-0.05, 0) is 61.4 Å². The SMILES string of the molecule is O=C(CCCCCSc1nc2ccccc2c(=O)n1-c1ccc(F)cc1)Nc1ccccc1F. The summed E-state index contributed by atoms with van der Waals surface area (Å²) in [7, 11) is 0. The molecule has 0 unspecified atom stereocenters. The van der Waals surface area contributed by atoms with Gasteiger partial charge in [0.1, 0.15) is 11.6 Å². The predicted molar refractivity (Wildman–Crippen MR) is 132 cm³/mol. The van der Waals surface area contributed by atoms with Crippen molar-refractivity contribution in [3.63, 3.8) is 0 Å². The number of amides is 1. The number of carbonyl (C=O) groups is 1. The molecule has 4 rings (SSSR count). The van der Waals surface area contributed by atoms with Crippen LogP contribution in [0.1, 0.15) is 25.7 Å². The molecule has 1 amide bonds. The van der Waals surface area contributed by atoms with Crippen LogP contribution in [0.2, 0.25) is 0 Å². The summed E-state index contributed by atoms with van der Waals surface area (Å²) < 4.78 is 28.6. The molecule has 0 spiro atoms. The van der Waals surface area contributed by atoms with Crippen molar-refractivity contribution in [1.82, 2.24) is 9.55 Å². The first kappa shape index (κ1) is 23.6. The Morgan fingerprint density at radius 2 is 1.65 bits per heavy atom. The maximum Gasteiger partial charge on any atom is 0.266 e. The van der Waals surface area contributed by atoms with E-state index in [-0.39, 0.29) is 23.0 Å². The highest BCUT2D eigenvalue weighted by molar-refractivity contribution is 7.99. The van der Waals surface area contributed by atoms with Crippen molar-refractivity contribution in [2.45, 2.75) is 30.8 Å². The Bertz CT molecular complexity index is 1360. The molecule has 3 aromatic carbocycles. The molecule has 34 heavy (non-hydrogen) atoms. The second kappa shape index (κ2) is 11.1. The number of rotatable bonds is 9. The highest BCUT2D eigenvalue weighted by Crippen LogP contribution is 2.23. The minimum atomic E-state index is -0.456. The van der Waals surface area contributed by atoms with Gasteiger partial charge in [-0.2, -0.15) is 0 Å². The number of nitrogens with zero attached hydrogens (tertiary/aromatic N) is 2. The quantitative estimate of drug-likeness (QED) is 0.183. The zero-order chi connectivity index (χ0) is 23.9. The number of carbonyl (C=O) groups excluding carboxylic acids is 1. The van der Waals surface area contributed by atoms with Crippen molar-refractivity contribution in [2.24, 2.45) is 0 Å². The summed E-state index contributed by atoms with van der Waals surface area (Å²) in [5.41, 5.74) is 1.14. The van der Waals surface area contributed by atoms with Crippen molar-refractivity contribution in [3.8, 4) is 5.69 Å². The van der Waals surface area contributed by atoms with Crippen LogP contribution in [0.25, 0.3) is 16.6 Å². The number of aromatic nitrogens is 2. The molecule has 8 heteroatoms. The Balaban J connectivity index is 1.37. The van der Waals surface area contributed by atoms with Crippen LogP contribution in [0.4, 0.5) is 14.5 Å². The van der Waals surface area contributed by atoms with E-state index in [0.717, 1.165) is 12.8 Å². The molecule has 0 aliphatic heterocycles. The smallest absolute Gasteiger partial charge is 0.266 e. The zero-order valence-electron chi connectivity index (χ0n) is 18.3. The summed E-state index contributed by atoms with van der Waals surface area (Å²) in [6.45, 7) is 0. The third kappa shape index (κ3) is 5.69. The number of para-hydroxylation sites is 2. The lowest BCUT2D eigenvalue weighted by atomic mass is 10.2. The van der Waals surface area contributed by atoms with Crippen molar-refractivity contribution < 1.29 is 13.6 Å². The average Bonchev–Trinajstić information content (AvgIpc) is 2.84. The van der Waals surface area contributed by atoms with Crippen molar-refractivity contribution in [2.75, 3.05) is 11.1 Å².